The Morgan fingerprint density at radius 3 is 2.56 bits per heavy atom. The summed E-state index contributed by atoms with van der Waals surface area (Å²) in [4.78, 5) is 24.8. The van der Waals surface area contributed by atoms with E-state index in [-0.39, 0.29) is 12.1 Å². The zero-order valence-corrected chi connectivity index (χ0v) is 17.8. The molecule has 0 radical (unpaired) electrons. The van der Waals surface area contributed by atoms with E-state index in [9.17, 15) is 9.59 Å². The fourth-order valence-corrected chi connectivity index (χ4v) is 4.23. The van der Waals surface area contributed by atoms with Crippen molar-refractivity contribution in [1.29, 1.82) is 0 Å². The van der Waals surface area contributed by atoms with E-state index in [1.54, 1.807) is 29.1 Å². The zero-order chi connectivity index (χ0) is 22.4. The summed E-state index contributed by atoms with van der Waals surface area (Å²) in [5.41, 5.74) is 10.2. The SMILES string of the molecule is Cn1cc(Cc2ccc3c(c2)c2cnn(Cc4cccc(C(N)=O)c4)c(=O)c2n3C)cn1. The number of amides is 1. The molecule has 0 bridgehead atoms. The molecule has 5 rings (SSSR count). The number of hydrogen-bond donors (Lipinski definition) is 1. The Bertz CT molecular complexity index is 1560. The number of nitrogens with two attached hydrogens (primary N) is 1. The Morgan fingerprint density at radius 1 is 0.969 bits per heavy atom. The second kappa shape index (κ2) is 7.49. The molecule has 3 heterocycles. The first kappa shape index (κ1) is 19.7. The van der Waals surface area contributed by atoms with Gasteiger partial charge in [0.25, 0.3) is 5.56 Å². The van der Waals surface area contributed by atoms with E-state index in [2.05, 4.69) is 22.3 Å². The van der Waals surface area contributed by atoms with Gasteiger partial charge in [0.15, 0.2) is 0 Å². The Balaban J connectivity index is 1.57. The highest BCUT2D eigenvalue weighted by molar-refractivity contribution is 6.07. The molecule has 32 heavy (non-hydrogen) atoms. The topological polar surface area (TPSA) is 101 Å². The molecule has 160 valence electrons. The van der Waals surface area contributed by atoms with Gasteiger partial charge in [0.2, 0.25) is 5.91 Å². The molecule has 1 amide bonds. The molecule has 8 nitrogen and oxygen atoms in total. The van der Waals surface area contributed by atoms with Crippen LogP contribution in [0.4, 0.5) is 0 Å². The first-order chi connectivity index (χ1) is 15.4. The van der Waals surface area contributed by atoms with Crippen LogP contribution in [0, 0.1) is 0 Å². The smallest absolute Gasteiger partial charge is 0.291 e. The van der Waals surface area contributed by atoms with Gasteiger partial charge in [-0.25, -0.2) is 4.68 Å². The van der Waals surface area contributed by atoms with E-state index in [4.69, 9.17) is 5.73 Å². The van der Waals surface area contributed by atoms with Gasteiger partial charge >= 0.3 is 0 Å². The van der Waals surface area contributed by atoms with Crippen molar-refractivity contribution >= 4 is 27.7 Å². The summed E-state index contributed by atoms with van der Waals surface area (Å²) in [5, 5.41) is 10.5. The summed E-state index contributed by atoms with van der Waals surface area (Å²) in [6, 6.07) is 13.2. The van der Waals surface area contributed by atoms with Crippen LogP contribution in [0.2, 0.25) is 0 Å². The number of aryl methyl sites for hydroxylation is 2. The van der Waals surface area contributed by atoms with E-state index < -0.39 is 5.91 Å². The fourth-order valence-electron chi connectivity index (χ4n) is 4.23. The number of fused-ring (bicyclic) bond motifs is 3. The number of rotatable bonds is 5. The van der Waals surface area contributed by atoms with Crippen molar-refractivity contribution in [2.45, 2.75) is 13.0 Å². The Kier molecular flexibility index (Phi) is 4.62. The summed E-state index contributed by atoms with van der Waals surface area (Å²) in [6.45, 7) is 0.254. The van der Waals surface area contributed by atoms with Crippen molar-refractivity contribution in [3.63, 3.8) is 0 Å². The van der Waals surface area contributed by atoms with Crippen LogP contribution in [0.3, 0.4) is 0 Å². The average Bonchev–Trinajstić information content (AvgIpc) is 3.31. The highest BCUT2D eigenvalue weighted by Gasteiger charge is 2.15. The van der Waals surface area contributed by atoms with Crippen LogP contribution in [0.1, 0.15) is 27.0 Å². The molecule has 0 saturated heterocycles. The summed E-state index contributed by atoms with van der Waals surface area (Å²) in [6.07, 6.45) is 6.37. The highest BCUT2D eigenvalue weighted by atomic mass is 16.1. The molecule has 2 N–H and O–H groups in total. The van der Waals surface area contributed by atoms with E-state index in [1.807, 2.05) is 43.2 Å². The second-order valence-corrected chi connectivity index (χ2v) is 8.04. The number of aromatic nitrogens is 5. The molecule has 0 aliphatic heterocycles. The van der Waals surface area contributed by atoms with E-state index >= 15 is 0 Å². The monoisotopic (exact) mass is 426 g/mol. The minimum absolute atomic E-state index is 0.181. The summed E-state index contributed by atoms with van der Waals surface area (Å²) >= 11 is 0. The minimum Gasteiger partial charge on any atom is -0.366 e. The first-order valence-corrected chi connectivity index (χ1v) is 10.2. The van der Waals surface area contributed by atoms with Gasteiger partial charge in [0.1, 0.15) is 5.52 Å². The molecule has 0 atom stereocenters. The van der Waals surface area contributed by atoms with E-state index in [1.165, 1.54) is 4.68 Å². The molecule has 3 aromatic heterocycles. The summed E-state index contributed by atoms with van der Waals surface area (Å²) in [7, 11) is 3.79. The standard InChI is InChI=1S/C24H22N6O2/c1-28-13-17(11-26-28)8-15-6-7-21-19(10-15)20-12-27-30(24(32)22(20)29(21)2)14-16-4-3-5-18(9-16)23(25)31/h3-7,9-13H,8,14H2,1-2H3,(H2,25,31). The van der Waals surface area contributed by atoms with Crippen LogP contribution < -0.4 is 11.3 Å². The van der Waals surface area contributed by atoms with Gasteiger partial charge in [0.05, 0.1) is 18.9 Å². The lowest BCUT2D eigenvalue weighted by Crippen LogP contribution is -2.24. The van der Waals surface area contributed by atoms with Gasteiger partial charge in [0, 0.05) is 48.6 Å². The van der Waals surface area contributed by atoms with Crippen LogP contribution in [0.15, 0.2) is 65.8 Å². The van der Waals surface area contributed by atoms with Crippen molar-refractivity contribution in [3.05, 3.63) is 93.7 Å². The fraction of sp³-hybridized carbons (Fsp3) is 0.167. The normalized spacial score (nSPS) is 11.4. The molecule has 2 aromatic carbocycles. The molecular formula is C24H22N6O2. The van der Waals surface area contributed by atoms with Crippen molar-refractivity contribution in [3.8, 4) is 0 Å². The molecule has 0 fully saturated rings. The van der Waals surface area contributed by atoms with E-state index in [0.29, 0.717) is 11.1 Å². The molecule has 0 spiro atoms. The maximum Gasteiger partial charge on any atom is 0.291 e. The van der Waals surface area contributed by atoms with E-state index in [0.717, 1.165) is 39.4 Å². The maximum atomic E-state index is 13.3. The number of hydrogen-bond acceptors (Lipinski definition) is 4. The predicted octanol–water partition coefficient (Wildman–Crippen LogP) is 2.36. The third-order valence-corrected chi connectivity index (χ3v) is 5.78. The van der Waals surface area contributed by atoms with Crippen LogP contribution in [-0.4, -0.2) is 30.0 Å². The van der Waals surface area contributed by atoms with Crippen LogP contribution in [0.5, 0.6) is 0 Å². The molecule has 0 aliphatic rings. The number of primary amides is 1. The third-order valence-electron chi connectivity index (χ3n) is 5.78. The molecule has 0 unspecified atom stereocenters. The molecule has 8 heteroatoms. The highest BCUT2D eigenvalue weighted by Crippen LogP contribution is 2.27. The third kappa shape index (κ3) is 3.35. The number of carbonyl (C=O) groups is 1. The molecule has 0 aliphatic carbocycles. The molecule has 0 saturated carbocycles. The Morgan fingerprint density at radius 2 is 1.81 bits per heavy atom. The number of nitrogens with zero attached hydrogens (tertiary/aromatic N) is 5. The van der Waals surface area contributed by atoms with Crippen molar-refractivity contribution < 1.29 is 4.79 Å². The van der Waals surface area contributed by atoms with Crippen LogP contribution in [0.25, 0.3) is 21.8 Å². The molecular weight excluding hydrogens is 404 g/mol. The quantitative estimate of drug-likeness (QED) is 0.466. The Labute approximate surface area is 183 Å². The zero-order valence-electron chi connectivity index (χ0n) is 17.8. The summed E-state index contributed by atoms with van der Waals surface area (Å²) < 4.78 is 5.12. The minimum atomic E-state index is -0.501. The second-order valence-electron chi connectivity index (χ2n) is 8.04. The number of benzene rings is 2. The van der Waals surface area contributed by atoms with Gasteiger partial charge in [-0.1, -0.05) is 18.2 Å². The van der Waals surface area contributed by atoms with Gasteiger partial charge in [-0.05, 0) is 41.0 Å². The summed E-state index contributed by atoms with van der Waals surface area (Å²) in [5.74, 6) is -0.501. The van der Waals surface area contributed by atoms with Gasteiger partial charge in [-0.15, -0.1) is 0 Å². The van der Waals surface area contributed by atoms with Gasteiger partial charge in [-0.2, -0.15) is 10.2 Å². The number of carbonyl (C=O) groups excluding carboxylic acids is 1. The lowest BCUT2D eigenvalue weighted by Gasteiger charge is -2.06. The van der Waals surface area contributed by atoms with Crippen LogP contribution in [-0.2, 0) is 27.1 Å². The first-order valence-electron chi connectivity index (χ1n) is 10.2. The lowest BCUT2D eigenvalue weighted by atomic mass is 10.1. The maximum absolute atomic E-state index is 13.3. The van der Waals surface area contributed by atoms with Crippen molar-refractivity contribution in [1.82, 2.24) is 24.1 Å². The Hall–Kier alpha value is -4.20. The largest absolute Gasteiger partial charge is 0.366 e. The predicted molar refractivity (Wildman–Crippen MR) is 123 cm³/mol. The van der Waals surface area contributed by atoms with Crippen molar-refractivity contribution in [2.75, 3.05) is 0 Å². The van der Waals surface area contributed by atoms with Gasteiger partial charge < -0.3 is 10.3 Å². The average molecular weight is 426 g/mol. The molecule has 5 aromatic rings. The lowest BCUT2D eigenvalue weighted by molar-refractivity contribution is 0.1000. The van der Waals surface area contributed by atoms with Crippen LogP contribution >= 0.6 is 0 Å². The van der Waals surface area contributed by atoms with Crippen molar-refractivity contribution in [2.24, 2.45) is 19.8 Å². The van der Waals surface area contributed by atoms with Gasteiger partial charge in [-0.3, -0.25) is 14.3 Å².